The highest BCUT2D eigenvalue weighted by atomic mass is 16.1. The molecule has 1 aromatic heterocycles. The van der Waals surface area contributed by atoms with Crippen LogP contribution in [0, 0.1) is 0 Å². The first-order chi connectivity index (χ1) is 10.8. The van der Waals surface area contributed by atoms with E-state index in [2.05, 4.69) is 28.1 Å². The summed E-state index contributed by atoms with van der Waals surface area (Å²) in [4.78, 5) is 20.0. The lowest BCUT2D eigenvalue weighted by Crippen LogP contribution is -2.33. The normalized spacial score (nSPS) is 18.0. The molecule has 2 heterocycles. The minimum Gasteiger partial charge on any atom is -0.338 e. The van der Waals surface area contributed by atoms with E-state index in [0.717, 1.165) is 49.3 Å². The van der Waals surface area contributed by atoms with E-state index in [4.69, 9.17) is 0 Å². The van der Waals surface area contributed by atoms with Gasteiger partial charge in [0.15, 0.2) is 0 Å². The van der Waals surface area contributed by atoms with Crippen molar-refractivity contribution in [2.24, 2.45) is 0 Å². The molecule has 0 unspecified atom stereocenters. The lowest BCUT2D eigenvalue weighted by molar-refractivity contribution is -0.121. The number of pyridine rings is 1. The SMILES string of the molecule is CN(c1ccccc1)c1ncccc1[C@@H]1CCCCN1C=O. The van der Waals surface area contributed by atoms with Crippen molar-refractivity contribution in [1.82, 2.24) is 9.88 Å². The molecule has 4 nitrogen and oxygen atoms in total. The molecule has 22 heavy (non-hydrogen) atoms. The summed E-state index contributed by atoms with van der Waals surface area (Å²) in [6.45, 7) is 0.831. The number of carbonyl (C=O) groups is 1. The van der Waals surface area contributed by atoms with Crippen molar-refractivity contribution < 1.29 is 4.79 Å². The molecule has 3 rings (SSSR count). The number of piperidine rings is 1. The molecule has 1 fully saturated rings. The fourth-order valence-electron chi connectivity index (χ4n) is 3.14. The Labute approximate surface area is 131 Å². The van der Waals surface area contributed by atoms with E-state index in [0.29, 0.717) is 0 Å². The van der Waals surface area contributed by atoms with Gasteiger partial charge in [-0.05, 0) is 37.5 Å². The molecular formula is C18H21N3O. The maximum atomic E-state index is 11.4. The Kier molecular flexibility index (Phi) is 4.37. The zero-order chi connectivity index (χ0) is 15.4. The second-order valence-corrected chi connectivity index (χ2v) is 5.67. The van der Waals surface area contributed by atoms with Crippen LogP contribution in [0.1, 0.15) is 30.9 Å². The van der Waals surface area contributed by atoms with Gasteiger partial charge in [0.1, 0.15) is 5.82 Å². The zero-order valence-electron chi connectivity index (χ0n) is 12.9. The molecule has 4 heteroatoms. The number of anilines is 2. The number of amides is 1. The number of carbonyl (C=O) groups excluding carboxylic acids is 1. The second kappa shape index (κ2) is 6.60. The van der Waals surface area contributed by atoms with E-state index < -0.39 is 0 Å². The maximum Gasteiger partial charge on any atom is 0.210 e. The van der Waals surface area contributed by atoms with Gasteiger partial charge in [-0.1, -0.05) is 24.3 Å². The highest BCUT2D eigenvalue weighted by Crippen LogP contribution is 2.36. The summed E-state index contributed by atoms with van der Waals surface area (Å²) >= 11 is 0. The first kappa shape index (κ1) is 14.6. The Morgan fingerprint density at radius 3 is 2.77 bits per heavy atom. The van der Waals surface area contributed by atoms with E-state index >= 15 is 0 Å². The second-order valence-electron chi connectivity index (χ2n) is 5.67. The molecule has 2 aromatic rings. The fourth-order valence-corrected chi connectivity index (χ4v) is 3.14. The van der Waals surface area contributed by atoms with E-state index in [-0.39, 0.29) is 6.04 Å². The number of hydrogen-bond donors (Lipinski definition) is 0. The van der Waals surface area contributed by atoms with Crippen LogP contribution in [0.25, 0.3) is 0 Å². The summed E-state index contributed by atoms with van der Waals surface area (Å²) in [5.41, 5.74) is 2.22. The third-order valence-electron chi connectivity index (χ3n) is 4.32. The summed E-state index contributed by atoms with van der Waals surface area (Å²) in [5, 5.41) is 0. The summed E-state index contributed by atoms with van der Waals surface area (Å²) in [5.74, 6) is 0.924. The van der Waals surface area contributed by atoms with Gasteiger partial charge in [-0.25, -0.2) is 4.98 Å². The van der Waals surface area contributed by atoms with Gasteiger partial charge in [0.05, 0.1) is 6.04 Å². The van der Waals surface area contributed by atoms with E-state index in [1.807, 2.05) is 42.4 Å². The molecular weight excluding hydrogens is 274 g/mol. The van der Waals surface area contributed by atoms with Crippen LogP contribution in [-0.2, 0) is 4.79 Å². The fraction of sp³-hybridized carbons (Fsp3) is 0.333. The van der Waals surface area contributed by atoms with Crippen LogP contribution in [0.2, 0.25) is 0 Å². The summed E-state index contributed by atoms with van der Waals surface area (Å²) in [6.07, 6.45) is 6.02. The van der Waals surface area contributed by atoms with Crippen LogP contribution in [0.3, 0.4) is 0 Å². The zero-order valence-corrected chi connectivity index (χ0v) is 12.9. The van der Waals surface area contributed by atoms with Crippen molar-refractivity contribution in [1.29, 1.82) is 0 Å². The number of nitrogens with zero attached hydrogens (tertiary/aromatic N) is 3. The van der Waals surface area contributed by atoms with Crippen molar-refractivity contribution in [2.45, 2.75) is 25.3 Å². The molecule has 1 atom stereocenters. The van der Waals surface area contributed by atoms with Gasteiger partial charge in [-0.2, -0.15) is 0 Å². The van der Waals surface area contributed by atoms with Gasteiger partial charge in [-0.15, -0.1) is 0 Å². The first-order valence-electron chi connectivity index (χ1n) is 7.76. The van der Waals surface area contributed by atoms with Gasteiger partial charge in [0.2, 0.25) is 6.41 Å². The smallest absolute Gasteiger partial charge is 0.210 e. The molecule has 0 bridgehead atoms. The van der Waals surface area contributed by atoms with Crippen LogP contribution >= 0.6 is 0 Å². The lowest BCUT2D eigenvalue weighted by Gasteiger charge is -2.35. The minimum absolute atomic E-state index is 0.126. The number of benzene rings is 1. The molecule has 114 valence electrons. The van der Waals surface area contributed by atoms with Gasteiger partial charge >= 0.3 is 0 Å². The molecule has 1 amide bonds. The third kappa shape index (κ3) is 2.82. The lowest BCUT2D eigenvalue weighted by atomic mass is 9.96. The highest BCUT2D eigenvalue weighted by molar-refractivity contribution is 5.63. The molecule has 0 radical (unpaired) electrons. The Bertz CT molecular complexity index is 629. The Morgan fingerprint density at radius 1 is 1.18 bits per heavy atom. The van der Waals surface area contributed by atoms with Gasteiger partial charge in [0.25, 0.3) is 0 Å². The van der Waals surface area contributed by atoms with E-state index in [1.54, 1.807) is 0 Å². The molecule has 0 spiro atoms. The summed E-state index contributed by atoms with van der Waals surface area (Å²) in [6, 6.07) is 14.4. The predicted molar refractivity (Wildman–Crippen MR) is 88.1 cm³/mol. The molecule has 1 saturated heterocycles. The summed E-state index contributed by atoms with van der Waals surface area (Å²) in [7, 11) is 2.02. The molecule has 1 aliphatic rings. The molecule has 1 aliphatic heterocycles. The number of hydrogen-bond acceptors (Lipinski definition) is 3. The molecule has 0 saturated carbocycles. The van der Waals surface area contributed by atoms with Gasteiger partial charge in [0, 0.05) is 31.0 Å². The Morgan fingerprint density at radius 2 is 2.00 bits per heavy atom. The van der Waals surface area contributed by atoms with Crippen molar-refractivity contribution in [3.05, 3.63) is 54.2 Å². The Hall–Kier alpha value is -2.36. The van der Waals surface area contributed by atoms with Crippen LogP contribution in [0.15, 0.2) is 48.7 Å². The van der Waals surface area contributed by atoms with Crippen molar-refractivity contribution in [2.75, 3.05) is 18.5 Å². The minimum atomic E-state index is 0.126. The average Bonchev–Trinajstić information content (AvgIpc) is 2.62. The van der Waals surface area contributed by atoms with Crippen LogP contribution in [0.5, 0.6) is 0 Å². The van der Waals surface area contributed by atoms with Crippen molar-refractivity contribution in [3.8, 4) is 0 Å². The quantitative estimate of drug-likeness (QED) is 0.810. The van der Waals surface area contributed by atoms with Gasteiger partial charge < -0.3 is 9.80 Å². The maximum absolute atomic E-state index is 11.4. The van der Waals surface area contributed by atoms with Crippen LogP contribution in [-0.4, -0.2) is 29.9 Å². The topological polar surface area (TPSA) is 36.4 Å². The van der Waals surface area contributed by atoms with Crippen molar-refractivity contribution in [3.63, 3.8) is 0 Å². The number of likely N-dealkylation sites (tertiary alicyclic amines) is 1. The molecule has 1 aromatic carbocycles. The van der Waals surface area contributed by atoms with Crippen molar-refractivity contribution >= 4 is 17.9 Å². The largest absolute Gasteiger partial charge is 0.338 e. The highest BCUT2D eigenvalue weighted by Gasteiger charge is 2.26. The van der Waals surface area contributed by atoms with Crippen LogP contribution in [0.4, 0.5) is 11.5 Å². The standard InChI is InChI=1S/C18H21N3O/c1-20(15-8-3-2-4-9-15)18-16(10-7-12-19-18)17-11-5-6-13-21(17)14-22/h2-4,7-10,12,14,17H,5-6,11,13H2,1H3/t17-/m0/s1. The Balaban J connectivity index is 1.97. The monoisotopic (exact) mass is 295 g/mol. The van der Waals surface area contributed by atoms with E-state index in [9.17, 15) is 4.79 Å². The average molecular weight is 295 g/mol. The number of rotatable bonds is 4. The van der Waals surface area contributed by atoms with Gasteiger partial charge in [-0.3, -0.25) is 4.79 Å². The first-order valence-corrected chi connectivity index (χ1v) is 7.76. The van der Waals surface area contributed by atoms with Crippen LogP contribution < -0.4 is 4.90 Å². The molecule has 0 N–H and O–H groups in total. The predicted octanol–water partition coefficient (Wildman–Crippen LogP) is 3.53. The molecule has 0 aliphatic carbocycles. The third-order valence-corrected chi connectivity index (χ3v) is 4.32. The number of para-hydroxylation sites is 1. The summed E-state index contributed by atoms with van der Waals surface area (Å²) < 4.78 is 0. The number of aromatic nitrogens is 1. The van der Waals surface area contributed by atoms with E-state index in [1.165, 1.54) is 0 Å².